The van der Waals surface area contributed by atoms with Gasteiger partial charge in [0.25, 0.3) is 0 Å². The standard InChI is InChI=1S/C27H29N5O3S/c1-16-15-32-24(29-16)21(34-5)11-19(30-32)18-10-23-20(28-14-18)12-22(36-23)17-6-9-31(27(13-17)7-8-27)25(33)35-26(2,3)4/h6,10-12,14-15H,7-9,13H2,1-5H3. The number of carbonyl (C=O) groups is 1. The number of nitrogens with zero attached hydrogens (tertiary/aromatic N) is 5. The number of hydrogen-bond donors (Lipinski definition) is 0. The van der Waals surface area contributed by atoms with E-state index in [1.807, 2.05) is 51.1 Å². The summed E-state index contributed by atoms with van der Waals surface area (Å²) in [6.45, 7) is 8.25. The number of thiophene rings is 1. The van der Waals surface area contributed by atoms with Crippen molar-refractivity contribution in [2.45, 2.75) is 58.1 Å². The van der Waals surface area contributed by atoms with Gasteiger partial charge in [-0.3, -0.25) is 9.88 Å². The lowest BCUT2D eigenvalue weighted by Crippen LogP contribution is -2.47. The first-order chi connectivity index (χ1) is 17.1. The van der Waals surface area contributed by atoms with Crippen LogP contribution in [0.15, 0.2) is 36.7 Å². The Bertz CT molecular complexity index is 1540. The first-order valence-electron chi connectivity index (χ1n) is 12.2. The monoisotopic (exact) mass is 503 g/mol. The van der Waals surface area contributed by atoms with Crippen LogP contribution < -0.4 is 4.74 Å². The first-order valence-corrected chi connectivity index (χ1v) is 13.0. The van der Waals surface area contributed by atoms with Gasteiger partial charge in [0.1, 0.15) is 5.60 Å². The highest BCUT2D eigenvalue weighted by atomic mass is 32.1. The zero-order chi connectivity index (χ0) is 25.2. The summed E-state index contributed by atoms with van der Waals surface area (Å²) < 4.78 is 14.1. The molecule has 2 aliphatic rings. The summed E-state index contributed by atoms with van der Waals surface area (Å²) in [6, 6.07) is 6.20. The number of ether oxygens (including phenoxy) is 2. The van der Waals surface area contributed by atoms with Gasteiger partial charge in [0.15, 0.2) is 11.4 Å². The van der Waals surface area contributed by atoms with Crippen molar-refractivity contribution in [2.24, 2.45) is 0 Å². The van der Waals surface area contributed by atoms with Gasteiger partial charge in [-0.15, -0.1) is 11.3 Å². The van der Waals surface area contributed by atoms with Gasteiger partial charge in [0.05, 0.1) is 40.5 Å². The van der Waals surface area contributed by atoms with Crippen LogP contribution in [0, 0.1) is 6.92 Å². The highest BCUT2D eigenvalue weighted by Gasteiger charge is 2.52. The molecule has 1 aliphatic heterocycles. The van der Waals surface area contributed by atoms with E-state index < -0.39 is 5.60 Å². The second-order valence-corrected chi connectivity index (χ2v) is 11.8. The Labute approximate surface area is 213 Å². The van der Waals surface area contributed by atoms with Crippen molar-refractivity contribution >= 4 is 38.9 Å². The Balaban J connectivity index is 1.30. The minimum Gasteiger partial charge on any atom is -0.493 e. The molecule has 0 radical (unpaired) electrons. The number of aromatic nitrogens is 4. The molecule has 1 amide bonds. The van der Waals surface area contributed by atoms with Crippen LogP contribution in [0.25, 0.3) is 32.7 Å². The normalized spacial score (nSPS) is 17.0. The second-order valence-electron chi connectivity index (χ2n) is 10.7. The second kappa shape index (κ2) is 8.03. The number of pyridine rings is 1. The molecule has 4 aromatic heterocycles. The molecule has 5 heterocycles. The maximum Gasteiger partial charge on any atom is 0.411 e. The number of fused-ring (bicyclic) bond motifs is 2. The fourth-order valence-corrected chi connectivity index (χ4v) is 5.95. The molecule has 1 aliphatic carbocycles. The smallest absolute Gasteiger partial charge is 0.411 e. The van der Waals surface area contributed by atoms with Gasteiger partial charge in [-0.05, 0) is 64.7 Å². The van der Waals surface area contributed by atoms with Crippen LogP contribution in [-0.2, 0) is 4.74 Å². The molecule has 9 heteroatoms. The first kappa shape index (κ1) is 23.0. The van der Waals surface area contributed by atoms with E-state index in [1.165, 1.54) is 10.5 Å². The van der Waals surface area contributed by atoms with E-state index in [9.17, 15) is 4.79 Å². The van der Waals surface area contributed by atoms with E-state index in [-0.39, 0.29) is 11.6 Å². The fourth-order valence-electron chi connectivity index (χ4n) is 4.85. The molecule has 6 rings (SSSR count). The van der Waals surface area contributed by atoms with E-state index in [2.05, 4.69) is 23.2 Å². The molecule has 1 saturated carbocycles. The van der Waals surface area contributed by atoms with Gasteiger partial charge in [-0.25, -0.2) is 14.3 Å². The molecule has 1 spiro atoms. The maximum atomic E-state index is 12.8. The van der Waals surface area contributed by atoms with Crippen molar-refractivity contribution in [3.05, 3.63) is 47.2 Å². The Morgan fingerprint density at radius 3 is 2.72 bits per heavy atom. The Morgan fingerprint density at radius 1 is 1.19 bits per heavy atom. The highest BCUT2D eigenvalue weighted by molar-refractivity contribution is 7.20. The number of hydrogen-bond acceptors (Lipinski definition) is 7. The van der Waals surface area contributed by atoms with E-state index >= 15 is 0 Å². The van der Waals surface area contributed by atoms with Crippen molar-refractivity contribution in [3.63, 3.8) is 0 Å². The third kappa shape index (κ3) is 4.01. The molecule has 1 fully saturated rings. The topological polar surface area (TPSA) is 81.8 Å². The Hall–Kier alpha value is -3.46. The van der Waals surface area contributed by atoms with Crippen LogP contribution in [0.5, 0.6) is 5.75 Å². The van der Waals surface area contributed by atoms with Crippen LogP contribution in [0.3, 0.4) is 0 Å². The largest absolute Gasteiger partial charge is 0.493 e. The summed E-state index contributed by atoms with van der Waals surface area (Å²) >= 11 is 1.73. The van der Waals surface area contributed by atoms with Gasteiger partial charge in [-0.1, -0.05) is 6.08 Å². The highest BCUT2D eigenvalue weighted by Crippen LogP contribution is 2.51. The molecule has 0 N–H and O–H groups in total. The number of rotatable bonds is 3. The predicted octanol–water partition coefficient (Wildman–Crippen LogP) is 5.88. The maximum absolute atomic E-state index is 12.8. The molecule has 0 atom stereocenters. The van der Waals surface area contributed by atoms with Crippen molar-refractivity contribution in [3.8, 4) is 17.0 Å². The van der Waals surface area contributed by atoms with Crippen molar-refractivity contribution in [2.75, 3.05) is 13.7 Å². The van der Waals surface area contributed by atoms with Gasteiger partial charge in [0.2, 0.25) is 0 Å². The number of aryl methyl sites for hydroxylation is 1. The van der Waals surface area contributed by atoms with Crippen LogP contribution in [0.4, 0.5) is 4.79 Å². The SMILES string of the molecule is COc1cc(-c2cnc3cc(C4=CCN(C(=O)OC(C)(C)C)C5(CC5)C4)sc3c2)nn2cc(C)nc12. The van der Waals surface area contributed by atoms with E-state index in [1.54, 1.807) is 23.0 Å². The molecule has 186 valence electrons. The molecule has 0 saturated heterocycles. The molecule has 4 aromatic rings. The van der Waals surface area contributed by atoms with Crippen molar-refractivity contribution in [1.29, 1.82) is 0 Å². The summed E-state index contributed by atoms with van der Waals surface area (Å²) in [5, 5.41) is 4.73. The van der Waals surface area contributed by atoms with E-state index in [0.717, 1.165) is 46.4 Å². The zero-order valence-corrected chi connectivity index (χ0v) is 22.0. The minimum absolute atomic E-state index is 0.111. The molecule has 0 unspecified atom stereocenters. The fraction of sp³-hybridized carbons (Fsp3) is 0.407. The molecule has 0 bridgehead atoms. The summed E-state index contributed by atoms with van der Waals surface area (Å²) in [6.07, 6.45) is 8.58. The number of carbonyl (C=O) groups excluding carboxylic acids is 1. The molecule has 0 aromatic carbocycles. The van der Waals surface area contributed by atoms with Gasteiger partial charge < -0.3 is 9.47 Å². The van der Waals surface area contributed by atoms with Crippen molar-refractivity contribution in [1.82, 2.24) is 24.5 Å². The lowest BCUT2D eigenvalue weighted by atomic mass is 9.97. The lowest BCUT2D eigenvalue weighted by Gasteiger charge is -2.36. The average Bonchev–Trinajstić information content (AvgIpc) is 3.26. The Kier molecular flexibility index (Phi) is 5.12. The third-order valence-electron chi connectivity index (χ3n) is 6.77. The predicted molar refractivity (Wildman–Crippen MR) is 140 cm³/mol. The molecular formula is C27H29N5O3S. The number of methoxy groups -OCH3 is 1. The van der Waals surface area contributed by atoms with Gasteiger partial charge in [0, 0.05) is 29.2 Å². The van der Waals surface area contributed by atoms with Crippen LogP contribution in [-0.4, -0.2) is 55.4 Å². The molecule has 36 heavy (non-hydrogen) atoms. The third-order valence-corrected chi connectivity index (χ3v) is 7.91. The average molecular weight is 504 g/mol. The lowest BCUT2D eigenvalue weighted by molar-refractivity contribution is 0.0153. The van der Waals surface area contributed by atoms with E-state index in [0.29, 0.717) is 17.9 Å². The summed E-state index contributed by atoms with van der Waals surface area (Å²) in [7, 11) is 1.64. The zero-order valence-electron chi connectivity index (χ0n) is 21.2. The Morgan fingerprint density at radius 2 is 2.00 bits per heavy atom. The number of amides is 1. The summed E-state index contributed by atoms with van der Waals surface area (Å²) in [4.78, 5) is 25.2. The minimum atomic E-state index is -0.494. The van der Waals surface area contributed by atoms with Gasteiger partial charge >= 0.3 is 6.09 Å². The van der Waals surface area contributed by atoms with Crippen LogP contribution in [0.2, 0.25) is 0 Å². The van der Waals surface area contributed by atoms with Gasteiger partial charge in [-0.2, -0.15) is 5.10 Å². The molecular weight excluding hydrogens is 474 g/mol. The van der Waals surface area contributed by atoms with E-state index in [4.69, 9.17) is 19.6 Å². The quantitative estimate of drug-likeness (QED) is 0.347. The van der Waals surface area contributed by atoms with Crippen LogP contribution in [0.1, 0.15) is 50.6 Å². The molecule has 8 nitrogen and oxygen atoms in total. The number of imidazole rings is 1. The van der Waals surface area contributed by atoms with Crippen LogP contribution >= 0.6 is 11.3 Å². The summed E-state index contributed by atoms with van der Waals surface area (Å²) in [5.41, 5.74) is 4.93. The summed E-state index contributed by atoms with van der Waals surface area (Å²) in [5.74, 6) is 0.677. The van der Waals surface area contributed by atoms with Crippen molar-refractivity contribution < 1.29 is 14.3 Å².